The number of piperidine rings is 1. The minimum Gasteiger partial charge on any atom is -0.349 e. The molecule has 2 aliphatic rings. The minimum absolute atomic E-state index is 0.0792. The molecule has 2 saturated heterocycles. The summed E-state index contributed by atoms with van der Waals surface area (Å²) in [6.07, 6.45) is 3.05. The van der Waals surface area contributed by atoms with E-state index in [4.69, 9.17) is 11.6 Å². The van der Waals surface area contributed by atoms with E-state index in [0.29, 0.717) is 12.2 Å². The molecule has 3 heterocycles. The number of amides is 1. The molecule has 3 N–H and O–H groups in total. The molecular formula is C19H22ClFN4OS. The third-order valence-corrected chi connectivity index (χ3v) is 6.56. The number of rotatable bonds is 4. The summed E-state index contributed by atoms with van der Waals surface area (Å²) in [7, 11) is 0. The molecule has 1 amide bonds. The molecule has 0 bridgehead atoms. The second kappa shape index (κ2) is 8.24. The Morgan fingerprint density at radius 2 is 2.07 bits per heavy atom. The molecule has 1 aromatic carbocycles. The van der Waals surface area contributed by atoms with Crippen LogP contribution in [0.25, 0.3) is 0 Å². The van der Waals surface area contributed by atoms with Gasteiger partial charge in [0.15, 0.2) is 0 Å². The molecule has 4 rings (SSSR count). The van der Waals surface area contributed by atoms with Crippen LogP contribution in [0.15, 0.2) is 35.7 Å². The quantitative estimate of drug-likeness (QED) is 0.726. The van der Waals surface area contributed by atoms with Gasteiger partial charge in [-0.1, -0.05) is 17.7 Å². The van der Waals surface area contributed by atoms with Crippen LogP contribution in [0.3, 0.4) is 0 Å². The van der Waals surface area contributed by atoms with E-state index in [0.717, 1.165) is 32.4 Å². The Bertz CT molecular complexity index is 795. The van der Waals surface area contributed by atoms with Crippen molar-refractivity contribution in [3.05, 3.63) is 57.0 Å². The maximum absolute atomic E-state index is 13.4. The highest BCUT2D eigenvalue weighted by Crippen LogP contribution is 2.28. The topological polar surface area (TPSA) is 56.4 Å². The number of carbonyl (C=O) groups is 1. The third-order valence-electron chi connectivity index (χ3n) is 5.25. The lowest BCUT2D eigenvalue weighted by Gasteiger charge is -2.35. The molecule has 8 heteroatoms. The van der Waals surface area contributed by atoms with Crippen LogP contribution >= 0.6 is 22.9 Å². The zero-order chi connectivity index (χ0) is 18.8. The van der Waals surface area contributed by atoms with Gasteiger partial charge in [0.25, 0.3) is 5.91 Å². The molecule has 5 nitrogen and oxygen atoms in total. The smallest absolute Gasteiger partial charge is 0.253 e. The number of hydrogen-bond donors (Lipinski definition) is 3. The first-order valence-electron chi connectivity index (χ1n) is 9.14. The van der Waals surface area contributed by atoms with E-state index in [1.807, 2.05) is 0 Å². The van der Waals surface area contributed by atoms with E-state index in [1.165, 1.54) is 23.1 Å². The normalized spacial score (nSPS) is 24.2. The predicted octanol–water partition coefficient (Wildman–Crippen LogP) is 3.30. The number of thiophene rings is 1. The van der Waals surface area contributed by atoms with Crippen molar-refractivity contribution in [1.82, 2.24) is 21.1 Å². The van der Waals surface area contributed by atoms with Gasteiger partial charge < -0.3 is 5.32 Å². The molecule has 1 aromatic heterocycles. The monoisotopic (exact) mass is 408 g/mol. The van der Waals surface area contributed by atoms with Crippen molar-refractivity contribution in [2.75, 3.05) is 13.1 Å². The second-order valence-electron chi connectivity index (χ2n) is 7.02. The van der Waals surface area contributed by atoms with Gasteiger partial charge in [-0.15, -0.1) is 11.3 Å². The Morgan fingerprint density at radius 1 is 1.26 bits per heavy atom. The van der Waals surface area contributed by atoms with Crippen LogP contribution in [0.5, 0.6) is 0 Å². The highest BCUT2D eigenvalue weighted by molar-refractivity contribution is 7.10. The van der Waals surface area contributed by atoms with Gasteiger partial charge in [-0.2, -0.15) is 0 Å². The summed E-state index contributed by atoms with van der Waals surface area (Å²) >= 11 is 7.79. The maximum atomic E-state index is 13.4. The average molecular weight is 409 g/mol. The van der Waals surface area contributed by atoms with Crippen LogP contribution in [0.1, 0.15) is 40.5 Å². The molecule has 144 valence electrons. The van der Waals surface area contributed by atoms with Crippen LogP contribution in [0, 0.1) is 5.82 Å². The van der Waals surface area contributed by atoms with E-state index in [1.54, 1.807) is 11.3 Å². The number of nitrogens with zero attached hydrogens (tertiary/aromatic N) is 1. The zero-order valence-electron chi connectivity index (χ0n) is 14.8. The standard InChI is InChI=1S/C19H22ClFN4OS/c20-15-4-3-12(21)10-14(15)19(26)22-13-5-7-25(8-6-13)18-11-16(23-24-18)17-2-1-9-27-17/h1-4,9-10,13,16,18,23-24H,5-8,11H2,(H,22,26). The van der Waals surface area contributed by atoms with E-state index >= 15 is 0 Å². The first-order chi connectivity index (χ1) is 13.1. The molecule has 0 radical (unpaired) electrons. The van der Waals surface area contributed by atoms with Gasteiger partial charge in [0.05, 0.1) is 22.8 Å². The summed E-state index contributed by atoms with van der Waals surface area (Å²) < 4.78 is 13.4. The maximum Gasteiger partial charge on any atom is 0.253 e. The molecule has 2 aromatic rings. The van der Waals surface area contributed by atoms with E-state index in [2.05, 4.69) is 38.6 Å². The van der Waals surface area contributed by atoms with Crippen LogP contribution in [0.2, 0.25) is 5.02 Å². The predicted molar refractivity (Wildman–Crippen MR) is 105 cm³/mol. The molecule has 0 aliphatic carbocycles. The Kier molecular flexibility index (Phi) is 5.75. The molecule has 2 fully saturated rings. The summed E-state index contributed by atoms with van der Waals surface area (Å²) in [5.41, 5.74) is 6.97. The Hall–Kier alpha value is -1.51. The number of nitrogens with one attached hydrogen (secondary N) is 3. The van der Waals surface area contributed by atoms with Gasteiger partial charge in [-0.25, -0.2) is 15.2 Å². The highest BCUT2D eigenvalue weighted by Gasteiger charge is 2.32. The van der Waals surface area contributed by atoms with Gasteiger partial charge in [-0.05, 0) is 48.9 Å². The number of hydrogen-bond acceptors (Lipinski definition) is 5. The molecule has 2 unspecified atom stereocenters. The van der Waals surface area contributed by atoms with Crippen molar-refractivity contribution in [2.24, 2.45) is 0 Å². The largest absolute Gasteiger partial charge is 0.349 e. The molecule has 2 aliphatic heterocycles. The van der Waals surface area contributed by atoms with Crippen LogP contribution < -0.4 is 16.2 Å². The fourth-order valence-electron chi connectivity index (χ4n) is 3.75. The van der Waals surface area contributed by atoms with Crippen LogP contribution in [-0.2, 0) is 0 Å². The summed E-state index contributed by atoms with van der Waals surface area (Å²) in [5, 5.41) is 5.37. The number of likely N-dealkylation sites (tertiary alicyclic amines) is 1. The van der Waals surface area contributed by atoms with E-state index in [-0.39, 0.29) is 22.5 Å². The van der Waals surface area contributed by atoms with Crippen molar-refractivity contribution >= 4 is 28.8 Å². The summed E-state index contributed by atoms with van der Waals surface area (Å²) in [5.74, 6) is -0.768. The fourth-order valence-corrected chi connectivity index (χ4v) is 4.74. The van der Waals surface area contributed by atoms with E-state index < -0.39 is 5.82 Å². The second-order valence-corrected chi connectivity index (χ2v) is 8.40. The lowest BCUT2D eigenvalue weighted by Crippen LogP contribution is -2.51. The first-order valence-corrected chi connectivity index (χ1v) is 10.4. The van der Waals surface area contributed by atoms with Crippen molar-refractivity contribution in [1.29, 1.82) is 0 Å². The lowest BCUT2D eigenvalue weighted by molar-refractivity contribution is 0.0879. The number of halogens is 2. The van der Waals surface area contributed by atoms with Gasteiger partial charge in [0, 0.05) is 24.0 Å². The first kappa shape index (κ1) is 18.8. The molecule has 27 heavy (non-hydrogen) atoms. The van der Waals surface area contributed by atoms with Crippen LogP contribution in [0.4, 0.5) is 4.39 Å². The SMILES string of the molecule is O=C(NC1CCN(C2CC(c3cccs3)NN2)CC1)c1cc(F)ccc1Cl. The molecule has 0 saturated carbocycles. The zero-order valence-corrected chi connectivity index (χ0v) is 16.3. The van der Waals surface area contributed by atoms with Gasteiger partial charge in [0.2, 0.25) is 0 Å². The van der Waals surface area contributed by atoms with Gasteiger partial charge >= 0.3 is 0 Å². The summed E-state index contributed by atoms with van der Waals surface area (Å²) in [6, 6.07) is 8.52. The number of carbonyl (C=O) groups excluding carboxylic acids is 1. The summed E-state index contributed by atoms with van der Waals surface area (Å²) in [6.45, 7) is 1.80. The van der Waals surface area contributed by atoms with Gasteiger partial charge in [-0.3, -0.25) is 9.69 Å². The van der Waals surface area contributed by atoms with Crippen molar-refractivity contribution in [3.63, 3.8) is 0 Å². The fraction of sp³-hybridized carbons (Fsp3) is 0.421. The molecule has 0 spiro atoms. The van der Waals surface area contributed by atoms with Crippen molar-refractivity contribution in [3.8, 4) is 0 Å². The Labute approximate surface area is 166 Å². The highest BCUT2D eigenvalue weighted by atomic mass is 35.5. The number of hydrazine groups is 1. The lowest BCUT2D eigenvalue weighted by atomic mass is 10.0. The number of benzene rings is 1. The third kappa shape index (κ3) is 4.33. The Balaban J connectivity index is 1.28. The molecule has 2 atom stereocenters. The van der Waals surface area contributed by atoms with Crippen LogP contribution in [-0.4, -0.2) is 36.1 Å². The van der Waals surface area contributed by atoms with Crippen molar-refractivity contribution in [2.45, 2.75) is 37.5 Å². The molecular weight excluding hydrogens is 387 g/mol. The average Bonchev–Trinajstić information content (AvgIpc) is 3.35. The minimum atomic E-state index is -0.459. The summed E-state index contributed by atoms with van der Waals surface area (Å²) in [4.78, 5) is 16.2. The Morgan fingerprint density at radius 3 is 2.81 bits per heavy atom. The van der Waals surface area contributed by atoms with E-state index in [9.17, 15) is 9.18 Å². The van der Waals surface area contributed by atoms with Crippen molar-refractivity contribution < 1.29 is 9.18 Å². The van der Waals surface area contributed by atoms with Gasteiger partial charge in [0.1, 0.15) is 5.82 Å².